The van der Waals surface area contributed by atoms with Gasteiger partial charge in [-0.1, -0.05) is 30.3 Å². The Bertz CT molecular complexity index is 429. The summed E-state index contributed by atoms with van der Waals surface area (Å²) in [6.07, 6.45) is 5.55. The second-order valence-electron chi connectivity index (χ2n) is 3.05. The van der Waals surface area contributed by atoms with Gasteiger partial charge in [-0.3, -0.25) is 0 Å². The van der Waals surface area contributed by atoms with Crippen molar-refractivity contribution in [2.24, 2.45) is 0 Å². The smallest absolute Gasteiger partial charge is 0.218 e. The highest BCUT2D eigenvalue weighted by Gasteiger charge is 1.93. The number of rotatable bonds is 2. The highest BCUT2D eigenvalue weighted by atomic mass is 16.3. The molecule has 2 heteroatoms. The predicted octanol–water partition coefficient (Wildman–Crippen LogP) is 3.15. The van der Waals surface area contributed by atoms with Crippen LogP contribution in [0.2, 0.25) is 0 Å². The van der Waals surface area contributed by atoms with Crippen LogP contribution < -0.4 is 0 Å². The van der Waals surface area contributed by atoms with Gasteiger partial charge in [0.1, 0.15) is 5.76 Å². The summed E-state index contributed by atoms with van der Waals surface area (Å²) in [6.45, 7) is 1.88. The highest BCUT2D eigenvalue weighted by molar-refractivity contribution is 5.65. The Hall–Kier alpha value is -1.83. The molecule has 0 aliphatic heterocycles. The number of hydrogen-bond acceptors (Lipinski definition) is 2. The Morgan fingerprint density at radius 2 is 1.93 bits per heavy atom. The minimum absolute atomic E-state index is 0.645. The Morgan fingerprint density at radius 3 is 2.57 bits per heavy atom. The van der Waals surface area contributed by atoms with Crippen molar-refractivity contribution in [2.75, 3.05) is 0 Å². The lowest BCUT2D eigenvalue weighted by Gasteiger charge is -1.89. The first-order chi connectivity index (χ1) is 6.84. The van der Waals surface area contributed by atoms with Crippen LogP contribution in [0.15, 0.2) is 40.9 Å². The lowest BCUT2D eigenvalue weighted by Crippen LogP contribution is -1.70. The summed E-state index contributed by atoms with van der Waals surface area (Å²) in [7, 11) is 0. The average molecular weight is 185 g/mol. The molecule has 0 spiro atoms. The molecule has 14 heavy (non-hydrogen) atoms. The summed E-state index contributed by atoms with van der Waals surface area (Å²) in [4.78, 5) is 4.08. The van der Waals surface area contributed by atoms with Gasteiger partial charge < -0.3 is 4.42 Å². The van der Waals surface area contributed by atoms with Crippen LogP contribution in [0.25, 0.3) is 12.2 Å². The third-order valence-electron chi connectivity index (χ3n) is 1.86. The van der Waals surface area contributed by atoms with E-state index in [1.165, 1.54) is 0 Å². The molecule has 0 aliphatic rings. The van der Waals surface area contributed by atoms with Crippen LogP contribution in [0.3, 0.4) is 0 Å². The molecule has 0 amide bonds. The van der Waals surface area contributed by atoms with Gasteiger partial charge in [0.25, 0.3) is 0 Å². The third-order valence-corrected chi connectivity index (χ3v) is 1.86. The molecule has 1 heterocycles. The minimum Gasteiger partial charge on any atom is -0.442 e. The third kappa shape index (κ3) is 2.10. The van der Waals surface area contributed by atoms with Crippen molar-refractivity contribution >= 4 is 12.2 Å². The van der Waals surface area contributed by atoms with E-state index in [-0.39, 0.29) is 0 Å². The molecule has 2 nitrogen and oxygen atoms in total. The number of benzene rings is 1. The second kappa shape index (κ2) is 3.92. The van der Waals surface area contributed by atoms with E-state index in [2.05, 4.69) is 4.98 Å². The standard InChI is InChI=1S/C12H11NO/c1-10-9-13-12(14-10)8-7-11-5-3-2-4-6-11/h2-9H,1H3. The number of aryl methyl sites for hydroxylation is 1. The van der Waals surface area contributed by atoms with E-state index in [0.717, 1.165) is 11.3 Å². The maximum atomic E-state index is 5.31. The first-order valence-corrected chi connectivity index (χ1v) is 4.50. The molecule has 0 atom stereocenters. The van der Waals surface area contributed by atoms with Gasteiger partial charge in [0.2, 0.25) is 5.89 Å². The van der Waals surface area contributed by atoms with Gasteiger partial charge >= 0.3 is 0 Å². The zero-order valence-corrected chi connectivity index (χ0v) is 7.97. The van der Waals surface area contributed by atoms with Gasteiger partial charge in [-0.15, -0.1) is 0 Å². The molecule has 2 rings (SSSR count). The summed E-state index contributed by atoms with van der Waals surface area (Å²) in [5.74, 6) is 1.48. The van der Waals surface area contributed by atoms with Crippen molar-refractivity contribution in [2.45, 2.75) is 6.92 Å². The van der Waals surface area contributed by atoms with Gasteiger partial charge in [-0.2, -0.15) is 0 Å². The van der Waals surface area contributed by atoms with Crippen LogP contribution >= 0.6 is 0 Å². The summed E-state index contributed by atoms with van der Waals surface area (Å²) in [5.41, 5.74) is 1.14. The maximum absolute atomic E-state index is 5.31. The zero-order chi connectivity index (χ0) is 9.80. The van der Waals surface area contributed by atoms with Crippen LogP contribution in [0.5, 0.6) is 0 Å². The van der Waals surface area contributed by atoms with Crippen molar-refractivity contribution < 1.29 is 4.42 Å². The largest absolute Gasteiger partial charge is 0.442 e. The number of aromatic nitrogens is 1. The quantitative estimate of drug-likeness (QED) is 0.718. The molecule has 0 radical (unpaired) electrons. The molecule has 0 N–H and O–H groups in total. The first kappa shape index (κ1) is 8.75. The van der Waals surface area contributed by atoms with Crippen molar-refractivity contribution in [3.63, 3.8) is 0 Å². The molecule has 0 unspecified atom stereocenters. The van der Waals surface area contributed by atoms with Crippen LogP contribution in [0, 0.1) is 6.92 Å². The van der Waals surface area contributed by atoms with Crippen molar-refractivity contribution in [3.05, 3.63) is 53.7 Å². The van der Waals surface area contributed by atoms with Crippen molar-refractivity contribution in [1.29, 1.82) is 0 Å². The molecule has 0 aliphatic carbocycles. The van der Waals surface area contributed by atoms with E-state index in [0.29, 0.717) is 5.89 Å². The van der Waals surface area contributed by atoms with Gasteiger partial charge in [-0.05, 0) is 18.6 Å². The van der Waals surface area contributed by atoms with Gasteiger partial charge in [-0.25, -0.2) is 4.98 Å². The fourth-order valence-corrected chi connectivity index (χ4v) is 1.18. The van der Waals surface area contributed by atoms with Crippen LogP contribution in [-0.4, -0.2) is 4.98 Å². The maximum Gasteiger partial charge on any atom is 0.218 e. The molecule has 1 aromatic carbocycles. The molecule has 0 fully saturated rings. The molecule has 1 aromatic heterocycles. The van der Waals surface area contributed by atoms with Crippen LogP contribution in [0.4, 0.5) is 0 Å². The average Bonchev–Trinajstić information content (AvgIpc) is 2.63. The Labute approximate surface area is 82.9 Å². The fraction of sp³-hybridized carbons (Fsp3) is 0.0833. The molecule has 0 saturated carbocycles. The Morgan fingerprint density at radius 1 is 1.14 bits per heavy atom. The Balaban J connectivity index is 2.15. The van der Waals surface area contributed by atoms with Gasteiger partial charge in [0.05, 0.1) is 6.20 Å². The molecule has 70 valence electrons. The highest BCUT2D eigenvalue weighted by Crippen LogP contribution is 2.07. The van der Waals surface area contributed by atoms with E-state index in [4.69, 9.17) is 4.42 Å². The van der Waals surface area contributed by atoms with Crippen LogP contribution in [-0.2, 0) is 0 Å². The lowest BCUT2D eigenvalue weighted by atomic mass is 10.2. The van der Waals surface area contributed by atoms with E-state index in [1.807, 2.05) is 49.4 Å². The van der Waals surface area contributed by atoms with E-state index in [1.54, 1.807) is 6.20 Å². The van der Waals surface area contributed by atoms with Gasteiger partial charge in [0, 0.05) is 6.08 Å². The summed E-state index contributed by atoms with van der Waals surface area (Å²) in [6, 6.07) is 10.1. The zero-order valence-electron chi connectivity index (χ0n) is 7.97. The normalized spacial score (nSPS) is 10.9. The second-order valence-corrected chi connectivity index (χ2v) is 3.05. The number of oxazole rings is 1. The number of nitrogens with zero attached hydrogens (tertiary/aromatic N) is 1. The first-order valence-electron chi connectivity index (χ1n) is 4.50. The summed E-state index contributed by atoms with van der Waals surface area (Å²) >= 11 is 0. The topological polar surface area (TPSA) is 26.0 Å². The lowest BCUT2D eigenvalue weighted by molar-refractivity contribution is 0.517. The van der Waals surface area contributed by atoms with E-state index in [9.17, 15) is 0 Å². The van der Waals surface area contributed by atoms with Crippen LogP contribution in [0.1, 0.15) is 17.2 Å². The van der Waals surface area contributed by atoms with Crippen molar-refractivity contribution in [3.8, 4) is 0 Å². The van der Waals surface area contributed by atoms with E-state index < -0.39 is 0 Å². The SMILES string of the molecule is Cc1cnc(C=Cc2ccccc2)o1. The summed E-state index contributed by atoms with van der Waals surface area (Å²) in [5, 5.41) is 0. The molecule has 0 saturated heterocycles. The molecule has 0 bridgehead atoms. The van der Waals surface area contributed by atoms with E-state index >= 15 is 0 Å². The summed E-state index contributed by atoms with van der Waals surface area (Å²) < 4.78 is 5.31. The minimum atomic E-state index is 0.645. The number of hydrogen-bond donors (Lipinski definition) is 0. The molecule has 2 aromatic rings. The molecular formula is C12H11NO. The predicted molar refractivity (Wildman–Crippen MR) is 56.6 cm³/mol. The van der Waals surface area contributed by atoms with Gasteiger partial charge in [0.15, 0.2) is 0 Å². The molecular weight excluding hydrogens is 174 g/mol. The Kier molecular flexibility index (Phi) is 2.45. The van der Waals surface area contributed by atoms with Crippen molar-refractivity contribution in [1.82, 2.24) is 4.98 Å². The fourth-order valence-electron chi connectivity index (χ4n) is 1.18. The monoisotopic (exact) mass is 185 g/mol.